The molecule has 3 heterocycles. The van der Waals surface area contributed by atoms with Gasteiger partial charge in [0.1, 0.15) is 30.5 Å². The average Bonchev–Trinajstić information content (AvgIpc) is 3.92. The van der Waals surface area contributed by atoms with Crippen LogP contribution >= 0.6 is 0 Å². The molecule has 0 unspecified atom stereocenters. The predicted octanol–water partition coefficient (Wildman–Crippen LogP) is 1.75. The Hall–Kier alpha value is -4.32. The molecule has 16 nitrogen and oxygen atoms in total. The molecule has 0 saturated carbocycles. The van der Waals surface area contributed by atoms with Gasteiger partial charge in [0.25, 0.3) is 0 Å². The first kappa shape index (κ1) is 43.4. The molecule has 0 aromatic heterocycles. The third-order valence-electron chi connectivity index (χ3n) is 10.0. The molecule has 1 aromatic carbocycles. The van der Waals surface area contributed by atoms with E-state index in [1.807, 2.05) is 19.9 Å². The van der Waals surface area contributed by atoms with E-state index in [1.165, 1.54) is 12.2 Å². The molecule has 4 rings (SSSR count). The zero-order valence-corrected chi connectivity index (χ0v) is 32.1. The molecule has 10 N–H and O–H groups in total. The molecule has 1 aromatic rings. The third kappa shape index (κ3) is 13.7. The van der Waals surface area contributed by atoms with Crippen LogP contribution in [0.3, 0.4) is 0 Å². The van der Waals surface area contributed by atoms with Crippen LogP contribution in [-0.4, -0.2) is 101 Å². The number of primary amides is 1. The number of hydrogen-bond acceptors (Lipinski definition) is 12. The summed E-state index contributed by atoms with van der Waals surface area (Å²) in [5, 5.41) is 26.4. The molecule has 3 aliphatic rings. The number of anilines is 1. The summed E-state index contributed by atoms with van der Waals surface area (Å²) in [6.45, 7) is 8.29. The largest absolute Gasteiger partial charge is 0.443 e. The van der Waals surface area contributed by atoms with Crippen molar-refractivity contribution < 1.29 is 48.3 Å². The summed E-state index contributed by atoms with van der Waals surface area (Å²) in [7, 11) is 0. The van der Waals surface area contributed by atoms with E-state index in [-0.39, 0.29) is 43.1 Å². The summed E-state index contributed by atoms with van der Waals surface area (Å²) >= 11 is 0. The van der Waals surface area contributed by atoms with E-state index in [4.69, 9.17) is 30.4 Å². The minimum atomic E-state index is -0.917. The first-order valence-corrected chi connectivity index (χ1v) is 18.9. The highest BCUT2D eigenvalue weighted by Gasteiger charge is 2.58. The van der Waals surface area contributed by atoms with Crippen molar-refractivity contribution in [3.63, 3.8) is 0 Å². The van der Waals surface area contributed by atoms with Gasteiger partial charge in [0.2, 0.25) is 17.7 Å². The van der Waals surface area contributed by atoms with Gasteiger partial charge in [0.15, 0.2) is 0 Å². The first-order chi connectivity index (χ1) is 26.2. The van der Waals surface area contributed by atoms with Crippen molar-refractivity contribution in [2.75, 3.05) is 18.5 Å². The number of epoxide rings is 1. The lowest BCUT2D eigenvalue weighted by Crippen LogP contribution is -2.51. The normalized spacial score (nSPS) is 29.1. The molecular weight excluding hydrogens is 712 g/mol. The molecule has 10 atom stereocenters. The van der Waals surface area contributed by atoms with Gasteiger partial charge in [-0.05, 0) is 76.6 Å². The van der Waals surface area contributed by atoms with Crippen LogP contribution in [0.5, 0.6) is 0 Å². The molecule has 0 aliphatic carbocycles. The Kier molecular flexibility index (Phi) is 16.2. The number of hydrogen-bond donors (Lipinski definition) is 8. The maximum atomic E-state index is 12.7. The SMILES string of the molecule is CC(/C=C/[C@H]1O[C@H](CC(=O)NNC(=O)OCc2ccc(N[C@@H](CCCN)C(N)=O)cc2)C[C@@]2(CO2)[C@@H]1O)=C\C[C@@H]1O[C@H](C)[C@H](NC(=O)/C=C\[C@H](C)O)C[C@@H]1C. The van der Waals surface area contributed by atoms with Gasteiger partial charge in [-0.25, -0.2) is 10.2 Å². The molecule has 0 bridgehead atoms. The highest BCUT2D eigenvalue weighted by Crippen LogP contribution is 2.43. The Morgan fingerprint density at radius 1 is 1.11 bits per heavy atom. The maximum Gasteiger partial charge on any atom is 0.426 e. The smallest absolute Gasteiger partial charge is 0.426 e. The Balaban J connectivity index is 1.20. The van der Waals surface area contributed by atoms with Crippen molar-refractivity contribution in [1.82, 2.24) is 16.2 Å². The topological polar surface area (TPSA) is 249 Å². The first-order valence-electron chi connectivity index (χ1n) is 18.9. The highest BCUT2D eigenvalue weighted by molar-refractivity contribution is 5.87. The molecule has 304 valence electrons. The molecule has 3 aliphatic heterocycles. The van der Waals surface area contributed by atoms with Crippen molar-refractivity contribution in [3.8, 4) is 0 Å². The number of allylic oxidation sites excluding steroid dienone is 2. The van der Waals surface area contributed by atoms with Gasteiger partial charge in [-0.15, -0.1) is 0 Å². The van der Waals surface area contributed by atoms with Crippen LogP contribution in [0, 0.1) is 5.92 Å². The number of ether oxygens (including phenoxy) is 4. The zero-order valence-electron chi connectivity index (χ0n) is 32.1. The third-order valence-corrected chi connectivity index (χ3v) is 10.0. The van der Waals surface area contributed by atoms with Crippen molar-refractivity contribution >= 4 is 29.5 Å². The molecule has 1 spiro atoms. The number of aliphatic hydroxyl groups is 2. The van der Waals surface area contributed by atoms with Crippen molar-refractivity contribution in [2.24, 2.45) is 17.4 Å². The molecule has 16 heteroatoms. The highest BCUT2D eigenvalue weighted by atomic mass is 16.6. The fourth-order valence-corrected chi connectivity index (χ4v) is 6.66. The van der Waals surface area contributed by atoms with E-state index in [0.717, 1.165) is 12.0 Å². The average molecular weight is 771 g/mol. The van der Waals surface area contributed by atoms with E-state index in [9.17, 15) is 29.4 Å². The van der Waals surface area contributed by atoms with Gasteiger partial charge in [-0.1, -0.05) is 48.9 Å². The lowest BCUT2D eigenvalue weighted by molar-refractivity contribution is -0.145. The number of carbonyl (C=O) groups is 4. The minimum Gasteiger partial charge on any atom is -0.443 e. The fourth-order valence-electron chi connectivity index (χ4n) is 6.66. The second-order valence-electron chi connectivity index (χ2n) is 14.8. The standard InChI is InChI=1S/C39H58N6O10/c1-23(7-14-32-24(2)18-31(26(4)54-32)43-34(47)16-9-25(3)46)8-15-33-36(49)39(22-53-39)20-29(55-33)19-35(48)44-45-38(51)52-21-27-10-12-28(13-11-27)42-30(37(41)50)6-5-17-40/h7-13,15-16,24-26,29-33,36,42,46,49H,5-6,14,17-22,40H2,1-4H3,(H2,41,50)(H,43,47)(H,44,48)(H,45,51)/b15-8+,16-9-,23-7+/t24-,25-,26+,29+,30-,31+,32-,33+,36+,39+/m0/s1. The van der Waals surface area contributed by atoms with Crippen LogP contribution < -0.4 is 33.0 Å². The predicted molar refractivity (Wildman–Crippen MR) is 204 cm³/mol. The van der Waals surface area contributed by atoms with Gasteiger partial charge in [-0.2, -0.15) is 0 Å². The van der Waals surface area contributed by atoms with Crippen LogP contribution in [0.4, 0.5) is 10.5 Å². The van der Waals surface area contributed by atoms with Crippen LogP contribution in [0.15, 0.2) is 60.2 Å². The molecule has 3 fully saturated rings. The number of benzene rings is 1. The van der Waals surface area contributed by atoms with E-state index in [2.05, 4.69) is 34.5 Å². The van der Waals surface area contributed by atoms with Gasteiger partial charge < -0.3 is 51.3 Å². The monoisotopic (exact) mass is 770 g/mol. The lowest BCUT2D eigenvalue weighted by atomic mass is 9.87. The lowest BCUT2D eigenvalue weighted by Gasteiger charge is -2.39. The van der Waals surface area contributed by atoms with Crippen LogP contribution in [-0.2, 0) is 39.9 Å². The Morgan fingerprint density at radius 2 is 1.84 bits per heavy atom. The van der Waals surface area contributed by atoms with Gasteiger partial charge in [0, 0.05) is 18.2 Å². The van der Waals surface area contributed by atoms with Crippen molar-refractivity contribution in [2.45, 2.75) is 127 Å². The zero-order chi connectivity index (χ0) is 40.1. The summed E-state index contributed by atoms with van der Waals surface area (Å²) < 4.78 is 23.2. The number of amides is 4. The second kappa shape index (κ2) is 20.6. The summed E-state index contributed by atoms with van der Waals surface area (Å²) in [5.41, 5.74) is 17.1. The van der Waals surface area contributed by atoms with Gasteiger partial charge >= 0.3 is 6.09 Å². The van der Waals surface area contributed by atoms with E-state index in [0.29, 0.717) is 50.1 Å². The molecule has 55 heavy (non-hydrogen) atoms. The summed E-state index contributed by atoms with van der Waals surface area (Å²) in [6, 6.07) is 6.25. The van der Waals surface area contributed by atoms with Crippen molar-refractivity contribution in [1.29, 1.82) is 0 Å². The number of carbonyl (C=O) groups excluding carboxylic acids is 4. The fraction of sp³-hybridized carbons (Fsp3) is 0.590. The molecular formula is C39H58N6O10. The molecule has 4 amide bonds. The van der Waals surface area contributed by atoms with Crippen LogP contribution in [0.1, 0.15) is 71.8 Å². The molecule has 0 radical (unpaired) electrons. The summed E-state index contributed by atoms with van der Waals surface area (Å²) in [5.74, 6) is -1.05. The Labute approximate surface area is 322 Å². The minimum absolute atomic E-state index is 0.0437. The van der Waals surface area contributed by atoms with Gasteiger partial charge in [0.05, 0.1) is 43.5 Å². The van der Waals surface area contributed by atoms with Crippen LogP contribution in [0.25, 0.3) is 0 Å². The second-order valence-corrected chi connectivity index (χ2v) is 14.8. The van der Waals surface area contributed by atoms with E-state index in [1.54, 1.807) is 37.3 Å². The molecule has 3 saturated heterocycles. The van der Waals surface area contributed by atoms with E-state index < -0.39 is 54.0 Å². The Bertz CT molecular complexity index is 1550. The Morgan fingerprint density at radius 3 is 2.49 bits per heavy atom. The van der Waals surface area contributed by atoms with Crippen LogP contribution in [0.2, 0.25) is 0 Å². The number of nitrogens with two attached hydrogens (primary N) is 2. The number of aliphatic hydroxyl groups excluding tert-OH is 2. The quantitative estimate of drug-likeness (QED) is 0.0489. The van der Waals surface area contributed by atoms with E-state index >= 15 is 0 Å². The van der Waals surface area contributed by atoms with Gasteiger partial charge in [-0.3, -0.25) is 19.8 Å². The number of hydrazine groups is 1. The summed E-state index contributed by atoms with van der Waals surface area (Å²) in [4.78, 5) is 48.9. The van der Waals surface area contributed by atoms with Crippen molar-refractivity contribution in [3.05, 3.63) is 65.8 Å². The summed E-state index contributed by atoms with van der Waals surface area (Å²) in [6.07, 6.45) is 7.26. The maximum absolute atomic E-state index is 12.7. The number of rotatable bonds is 17. The number of nitrogens with one attached hydrogen (secondary N) is 4.